The van der Waals surface area contributed by atoms with Gasteiger partial charge in [0.25, 0.3) is 10.0 Å². The number of nitrogens with two attached hydrogens (primary N) is 1. The zero-order valence-corrected chi connectivity index (χ0v) is 12.4. The smallest absolute Gasteiger partial charge is 0.265 e. The van der Waals surface area contributed by atoms with Gasteiger partial charge in [-0.2, -0.15) is 0 Å². The average Bonchev–Trinajstić information content (AvgIpc) is 2.36. The number of ether oxygens (including phenoxy) is 1. The molecule has 2 aromatic carbocycles. The Bertz CT molecular complexity index is 756. The Labute approximate surface area is 122 Å². The Hall–Kier alpha value is -2.28. The van der Waals surface area contributed by atoms with E-state index in [2.05, 4.69) is 4.72 Å². The van der Waals surface area contributed by atoms with Crippen LogP contribution < -0.4 is 15.2 Å². The van der Waals surface area contributed by atoms with Crippen LogP contribution in [0.5, 0.6) is 5.75 Å². The third-order valence-electron chi connectivity index (χ3n) is 2.77. The lowest BCUT2D eigenvalue weighted by molar-refractivity contribution is 0.403. The van der Waals surface area contributed by atoms with Crippen LogP contribution in [-0.4, -0.2) is 15.5 Å². The summed E-state index contributed by atoms with van der Waals surface area (Å²) >= 11 is 0. The van der Waals surface area contributed by atoms with Crippen molar-refractivity contribution in [2.45, 2.75) is 11.8 Å². The highest BCUT2D eigenvalue weighted by molar-refractivity contribution is 7.92. The number of methoxy groups -OCH3 is 1. The molecule has 0 unspecified atom stereocenters. The van der Waals surface area contributed by atoms with Crippen LogP contribution in [0.25, 0.3) is 0 Å². The summed E-state index contributed by atoms with van der Waals surface area (Å²) in [6.07, 6.45) is 0. The first-order valence-electron chi connectivity index (χ1n) is 6.05. The van der Waals surface area contributed by atoms with Gasteiger partial charge in [-0.15, -0.1) is 0 Å². The molecule has 0 heterocycles. The van der Waals surface area contributed by atoms with Gasteiger partial charge in [-0.25, -0.2) is 12.8 Å². The van der Waals surface area contributed by atoms with Crippen LogP contribution in [0.4, 0.5) is 15.8 Å². The molecular formula is C14H15FN2O3S. The third kappa shape index (κ3) is 3.43. The number of hydrogen-bond donors (Lipinski definition) is 2. The normalized spacial score (nSPS) is 11.2. The number of rotatable bonds is 4. The molecule has 0 aliphatic rings. The third-order valence-corrected chi connectivity index (χ3v) is 4.19. The molecule has 3 N–H and O–H groups in total. The van der Waals surface area contributed by atoms with Gasteiger partial charge in [-0.05, 0) is 42.8 Å². The highest BCUT2D eigenvalue weighted by atomic mass is 32.2. The Morgan fingerprint density at radius 2 is 1.90 bits per heavy atom. The minimum Gasteiger partial charge on any atom is -0.495 e. The van der Waals surface area contributed by atoms with Crippen molar-refractivity contribution in [3.63, 3.8) is 0 Å². The van der Waals surface area contributed by atoms with Gasteiger partial charge in [-0.3, -0.25) is 4.72 Å². The van der Waals surface area contributed by atoms with Crippen LogP contribution in [-0.2, 0) is 10.0 Å². The van der Waals surface area contributed by atoms with Gasteiger partial charge in [0, 0.05) is 11.8 Å². The molecule has 0 saturated carbocycles. The molecule has 0 aromatic heterocycles. The Morgan fingerprint density at radius 3 is 2.52 bits per heavy atom. The van der Waals surface area contributed by atoms with Gasteiger partial charge in [0.1, 0.15) is 16.5 Å². The van der Waals surface area contributed by atoms with Crippen LogP contribution in [0.2, 0.25) is 0 Å². The minimum absolute atomic E-state index is 0.0684. The Kier molecular flexibility index (Phi) is 4.04. The molecule has 0 atom stereocenters. The molecule has 112 valence electrons. The van der Waals surface area contributed by atoms with Gasteiger partial charge >= 0.3 is 0 Å². The summed E-state index contributed by atoms with van der Waals surface area (Å²) in [6, 6.07) is 8.14. The second-order valence-corrected chi connectivity index (χ2v) is 6.18. The fraction of sp³-hybridized carbons (Fsp3) is 0.143. The summed E-state index contributed by atoms with van der Waals surface area (Å²) < 4.78 is 45.4. The van der Waals surface area contributed by atoms with Gasteiger partial charge in [0.05, 0.1) is 12.8 Å². The highest BCUT2D eigenvalue weighted by Gasteiger charge is 2.20. The summed E-state index contributed by atoms with van der Waals surface area (Å²) in [7, 11) is -2.56. The largest absolute Gasteiger partial charge is 0.495 e. The average molecular weight is 310 g/mol. The zero-order valence-electron chi connectivity index (χ0n) is 11.6. The molecule has 0 saturated heterocycles. The number of nitrogens with one attached hydrogen (secondary N) is 1. The van der Waals surface area contributed by atoms with E-state index in [1.54, 1.807) is 6.92 Å². The van der Waals surface area contributed by atoms with Crippen molar-refractivity contribution in [2.75, 3.05) is 17.6 Å². The van der Waals surface area contributed by atoms with Crippen molar-refractivity contribution in [1.82, 2.24) is 0 Å². The summed E-state index contributed by atoms with van der Waals surface area (Å²) in [4.78, 5) is -0.0684. The van der Waals surface area contributed by atoms with E-state index in [1.165, 1.54) is 37.4 Å². The lowest BCUT2D eigenvalue weighted by Crippen LogP contribution is -2.14. The SMILES string of the molecule is COc1cc(N)ccc1S(=O)(=O)Nc1cc(C)cc(F)c1. The molecule has 0 aliphatic heterocycles. The maximum atomic E-state index is 13.3. The number of nitrogen functional groups attached to an aromatic ring is 1. The van der Waals surface area contributed by atoms with E-state index < -0.39 is 15.8 Å². The zero-order chi connectivity index (χ0) is 15.6. The van der Waals surface area contributed by atoms with Crippen molar-refractivity contribution >= 4 is 21.4 Å². The summed E-state index contributed by atoms with van der Waals surface area (Å²) in [5.74, 6) is -0.396. The maximum absolute atomic E-state index is 13.3. The van der Waals surface area contributed by atoms with Gasteiger partial charge in [0.15, 0.2) is 0 Å². The molecule has 0 radical (unpaired) electrons. The number of halogens is 1. The van der Waals surface area contributed by atoms with Gasteiger partial charge < -0.3 is 10.5 Å². The lowest BCUT2D eigenvalue weighted by Gasteiger charge is -2.12. The number of sulfonamides is 1. The van der Waals surface area contributed by atoms with Crippen LogP contribution in [0.15, 0.2) is 41.3 Å². The summed E-state index contributed by atoms with van der Waals surface area (Å²) in [6.45, 7) is 1.67. The Balaban J connectivity index is 2.43. The lowest BCUT2D eigenvalue weighted by atomic mass is 10.2. The van der Waals surface area contributed by atoms with Crippen LogP contribution in [0.3, 0.4) is 0 Å². The monoisotopic (exact) mass is 310 g/mol. The number of anilines is 2. The van der Waals surface area contributed by atoms with Crippen molar-refractivity contribution in [3.8, 4) is 5.75 Å². The van der Waals surface area contributed by atoms with Crippen LogP contribution >= 0.6 is 0 Å². The molecule has 21 heavy (non-hydrogen) atoms. The molecule has 5 nitrogen and oxygen atoms in total. The number of hydrogen-bond acceptors (Lipinski definition) is 4. The predicted octanol–water partition coefficient (Wildman–Crippen LogP) is 2.53. The molecule has 0 aliphatic carbocycles. The van der Waals surface area contributed by atoms with Gasteiger partial charge in [0.2, 0.25) is 0 Å². The highest BCUT2D eigenvalue weighted by Crippen LogP contribution is 2.28. The molecule has 7 heteroatoms. The fourth-order valence-corrected chi connectivity index (χ4v) is 3.10. The topological polar surface area (TPSA) is 81.4 Å². The van der Waals surface area contributed by atoms with Crippen LogP contribution in [0, 0.1) is 12.7 Å². The van der Waals surface area contributed by atoms with Gasteiger partial charge in [-0.1, -0.05) is 0 Å². The fourth-order valence-electron chi connectivity index (χ4n) is 1.91. The van der Waals surface area contributed by atoms with E-state index in [0.717, 1.165) is 6.07 Å². The van der Waals surface area contributed by atoms with E-state index in [1.807, 2.05) is 0 Å². The number of aryl methyl sites for hydroxylation is 1. The van der Waals surface area contributed by atoms with E-state index in [9.17, 15) is 12.8 Å². The molecule has 2 aromatic rings. The molecular weight excluding hydrogens is 295 g/mol. The van der Waals surface area contributed by atoms with Crippen LogP contribution in [0.1, 0.15) is 5.56 Å². The number of benzene rings is 2. The molecule has 0 bridgehead atoms. The molecule has 0 fully saturated rings. The first kappa shape index (κ1) is 15.1. The first-order valence-corrected chi connectivity index (χ1v) is 7.53. The Morgan fingerprint density at radius 1 is 1.19 bits per heavy atom. The van der Waals surface area contributed by atoms with Crippen molar-refractivity contribution in [3.05, 3.63) is 47.8 Å². The first-order chi connectivity index (χ1) is 9.81. The van der Waals surface area contributed by atoms with E-state index in [0.29, 0.717) is 11.3 Å². The minimum atomic E-state index is -3.90. The standard InChI is InChI=1S/C14H15FN2O3S/c1-9-5-10(15)7-12(6-9)17-21(18,19)14-4-3-11(16)8-13(14)20-2/h3-8,17H,16H2,1-2H3. The second-order valence-electron chi connectivity index (χ2n) is 4.53. The van der Waals surface area contributed by atoms with Crippen molar-refractivity contribution in [1.29, 1.82) is 0 Å². The maximum Gasteiger partial charge on any atom is 0.265 e. The summed E-state index contributed by atoms with van der Waals surface area (Å²) in [5.41, 5.74) is 6.73. The van der Waals surface area contributed by atoms with Crippen molar-refractivity contribution < 1.29 is 17.5 Å². The predicted molar refractivity (Wildman–Crippen MR) is 79.4 cm³/mol. The molecule has 2 rings (SSSR count). The quantitative estimate of drug-likeness (QED) is 0.850. The second kappa shape index (κ2) is 5.61. The molecule has 0 spiro atoms. The van der Waals surface area contributed by atoms with E-state index >= 15 is 0 Å². The van der Waals surface area contributed by atoms with Crippen molar-refractivity contribution in [2.24, 2.45) is 0 Å². The molecule has 0 amide bonds. The van der Waals surface area contributed by atoms with E-state index in [4.69, 9.17) is 10.5 Å². The summed E-state index contributed by atoms with van der Waals surface area (Å²) in [5, 5.41) is 0. The van der Waals surface area contributed by atoms with E-state index in [-0.39, 0.29) is 16.3 Å².